The zero-order valence-corrected chi connectivity index (χ0v) is 25.0. The Balaban J connectivity index is 0.000000409. The Bertz CT molecular complexity index is 921. The fraction of sp³-hybridized carbons (Fsp3) is 0.588. The molecule has 0 heterocycles. The van der Waals surface area contributed by atoms with Crippen LogP contribution in [0.2, 0.25) is 0 Å². The molecular formula is C34H53NO2. The number of rotatable bonds is 4. The molecule has 1 aromatic rings. The molecule has 0 aromatic heterocycles. The summed E-state index contributed by atoms with van der Waals surface area (Å²) in [4.78, 5) is 15.6. The van der Waals surface area contributed by atoms with E-state index < -0.39 is 0 Å². The first kappa shape index (κ1) is 32.5. The third kappa shape index (κ3) is 10.8. The van der Waals surface area contributed by atoms with Crippen molar-refractivity contribution in [3.63, 3.8) is 0 Å². The first-order valence-electron chi connectivity index (χ1n) is 14.7. The minimum absolute atomic E-state index is 0.285. The zero-order chi connectivity index (χ0) is 27.6. The molecule has 3 nitrogen and oxygen atoms in total. The van der Waals surface area contributed by atoms with Gasteiger partial charge in [0.15, 0.2) is 0 Å². The molecule has 37 heavy (non-hydrogen) atoms. The predicted molar refractivity (Wildman–Crippen MR) is 160 cm³/mol. The van der Waals surface area contributed by atoms with Gasteiger partial charge in [-0.2, -0.15) is 0 Å². The summed E-state index contributed by atoms with van der Waals surface area (Å²) < 4.78 is 5.13. The van der Waals surface area contributed by atoms with Gasteiger partial charge in [0, 0.05) is 24.1 Å². The summed E-state index contributed by atoms with van der Waals surface area (Å²) in [5, 5.41) is 0. The lowest BCUT2D eigenvalue weighted by molar-refractivity contribution is -0.132. The second kappa shape index (κ2) is 18.7. The summed E-state index contributed by atoms with van der Waals surface area (Å²) >= 11 is 0. The van der Waals surface area contributed by atoms with E-state index in [4.69, 9.17) is 4.74 Å². The smallest absolute Gasteiger partial charge is 0.250 e. The maximum atomic E-state index is 13.3. The van der Waals surface area contributed by atoms with Crippen molar-refractivity contribution in [2.24, 2.45) is 0 Å². The number of hydrogen-bond donors (Lipinski definition) is 0. The molecule has 4 rings (SSSR count). The van der Waals surface area contributed by atoms with E-state index >= 15 is 0 Å². The second-order valence-electron chi connectivity index (χ2n) is 9.74. The van der Waals surface area contributed by atoms with E-state index in [2.05, 4.69) is 42.7 Å². The third-order valence-electron chi connectivity index (χ3n) is 7.06. The third-order valence-corrected chi connectivity index (χ3v) is 7.06. The molecule has 0 atom stereocenters. The zero-order valence-electron chi connectivity index (χ0n) is 25.0. The van der Waals surface area contributed by atoms with Gasteiger partial charge in [-0.15, -0.1) is 5.73 Å². The number of benzene rings is 1. The molecule has 206 valence electrons. The average molecular weight is 508 g/mol. The fourth-order valence-corrected chi connectivity index (χ4v) is 5.13. The number of nitrogens with zero attached hydrogens (tertiary/aromatic N) is 1. The SMILES string of the molecule is C/C1=C/C=C(/C(=O)N(C2CCCCC2)C2CCCC2)CC=C=C1.CC.CC.COc1cc(C)ccc1C. The molecule has 0 aliphatic heterocycles. The van der Waals surface area contributed by atoms with Gasteiger partial charge in [0.05, 0.1) is 7.11 Å². The first-order chi connectivity index (χ1) is 18.0. The van der Waals surface area contributed by atoms with E-state index in [0.717, 1.165) is 16.9 Å². The van der Waals surface area contributed by atoms with Crippen LogP contribution in [0.3, 0.4) is 0 Å². The molecule has 0 radical (unpaired) electrons. The predicted octanol–water partition coefficient (Wildman–Crippen LogP) is 9.44. The number of ether oxygens (including phenoxy) is 1. The molecule has 0 spiro atoms. The molecule has 0 bridgehead atoms. The van der Waals surface area contributed by atoms with E-state index in [1.165, 1.54) is 68.9 Å². The monoisotopic (exact) mass is 507 g/mol. The molecule has 2 fully saturated rings. The van der Waals surface area contributed by atoms with Gasteiger partial charge in [0.1, 0.15) is 5.75 Å². The highest BCUT2D eigenvalue weighted by Crippen LogP contribution is 2.32. The van der Waals surface area contributed by atoms with Crippen LogP contribution in [-0.4, -0.2) is 30.0 Å². The number of amides is 1. The van der Waals surface area contributed by atoms with E-state index in [9.17, 15) is 4.79 Å². The number of allylic oxidation sites excluding steroid dienone is 4. The number of hydrogen-bond acceptors (Lipinski definition) is 2. The molecule has 3 aliphatic rings. The standard InChI is InChI=1S/C21H29NO.C9H12O.2C2H6/c1-17-9-5-6-10-18(16-15-17)21(23)22(20-13-7-8-14-20)19-11-3-2-4-12-19;1-7-4-5-8(2)9(6-7)10-3;2*1-2/h6,9,15-16,19-20H,2-4,7-8,10-14H2,1H3;4-6H,1-3H3;2*1-2H3/b17-15-,18-16+;;;. The van der Waals surface area contributed by atoms with Crippen LogP contribution in [0.25, 0.3) is 0 Å². The van der Waals surface area contributed by atoms with Gasteiger partial charge in [-0.05, 0) is 81.4 Å². The molecule has 2 saturated carbocycles. The van der Waals surface area contributed by atoms with Gasteiger partial charge >= 0.3 is 0 Å². The minimum Gasteiger partial charge on any atom is -0.496 e. The minimum atomic E-state index is 0.285. The highest BCUT2D eigenvalue weighted by molar-refractivity contribution is 5.94. The van der Waals surface area contributed by atoms with E-state index in [1.807, 2.05) is 58.9 Å². The lowest BCUT2D eigenvalue weighted by atomic mass is 9.91. The van der Waals surface area contributed by atoms with Crippen molar-refractivity contribution in [2.45, 2.75) is 125 Å². The summed E-state index contributed by atoms with van der Waals surface area (Å²) in [5.41, 5.74) is 7.69. The molecule has 3 heteroatoms. The molecule has 0 saturated heterocycles. The van der Waals surface area contributed by atoms with Crippen molar-refractivity contribution in [3.05, 3.63) is 70.5 Å². The summed E-state index contributed by atoms with van der Waals surface area (Å²) in [6.45, 7) is 14.2. The highest BCUT2D eigenvalue weighted by Gasteiger charge is 2.34. The van der Waals surface area contributed by atoms with Gasteiger partial charge in [-0.3, -0.25) is 4.79 Å². The van der Waals surface area contributed by atoms with Crippen LogP contribution in [0.5, 0.6) is 5.75 Å². The van der Waals surface area contributed by atoms with Crippen LogP contribution >= 0.6 is 0 Å². The lowest BCUT2D eigenvalue weighted by Crippen LogP contribution is -2.47. The highest BCUT2D eigenvalue weighted by atomic mass is 16.5. The average Bonchev–Trinajstić information content (AvgIpc) is 3.46. The summed E-state index contributed by atoms with van der Waals surface area (Å²) in [5.74, 6) is 1.26. The van der Waals surface area contributed by atoms with Crippen LogP contribution in [0.1, 0.15) is 110 Å². The Morgan fingerprint density at radius 1 is 0.865 bits per heavy atom. The molecule has 0 unspecified atom stereocenters. The van der Waals surface area contributed by atoms with Gasteiger partial charge in [-0.25, -0.2) is 0 Å². The quantitative estimate of drug-likeness (QED) is 0.380. The van der Waals surface area contributed by atoms with Gasteiger partial charge < -0.3 is 9.64 Å². The molecule has 1 amide bonds. The van der Waals surface area contributed by atoms with Crippen molar-refractivity contribution < 1.29 is 9.53 Å². The normalized spacial score (nSPS) is 20.1. The van der Waals surface area contributed by atoms with E-state index in [1.54, 1.807) is 7.11 Å². The van der Waals surface area contributed by atoms with Gasteiger partial charge in [0.2, 0.25) is 0 Å². The lowest BCUT2D eigenvalue weighted by Gasteiger charge is -2.39. The van der Waals surface area contributed by atoms with Crippen molar-refractivity contribution >= 4 is 5.91 Å². The van der Waals surface area contributed by atoms with Crippen molar-refractivity contribution in [1.82, 2.24) is 4.90 Å². The Kier molecular flexibility index (Phi) is 16.4. The Morgan fingerprint density at radius 3 is 1.97 bits per heavy atom. The molecular weight excluding hydrogens is 454 g/mol. The van der Waals surface area contributed by atoms with Crippen molar-refractivity contribution in [2.75, 3.05) is 7.11 Å². The van der Waals surface area contributed by atoms with Crippen molar-refractivity contribution in [1.29, 1.82) is 0 Å². The summed E-state index contributed by atoms with van der Waals surface area (Å²) in [6.07, 6.45) is 20.0. The number of carbonyl (C=O) groups is 1. The van der Waals surface area contributed by atoms with Gasteiger partial charge in [-0.1, -0.05) is 84.1 Å². The first-order valence-corrected chi connectivity index (χ1v) is 14.7. The topological polar surface area (TPSA) is 29.5 Å². The van der Waals surface area contributed by atoms with Crippen LogP contribution < -0.4 is 4.74 Å². The van der Waals surface area contributed by atoms with Crippen molar-refractivity contribution in [3.8, 4) is 5.75 Å². The maximum Gasteiger partial charge on any atom is 0.250 e. The largest absolute Gasteiger partial charge is 0.496 e. The Morgan fingerprint density at radius 2 is 1.43 bits per heavy atom. The fourth-order valence-electron chi connectivity index (χ4n) is 5.13. The summed E-state index contributed by atoms with van der Waals surface area (Å²) in [7, 11) is 1.70. The number of methoxy groups -OCH3 is 1. The van der Waals surface area contributed by atoms with Crippen LogP contribution in [0.15, 0.2) is 59.4 Å². The Hall–Kier alpha value is -2.51. The molecule has 3 aliphatic carbocycles. The van der Waals surface area contributed by atoms with Crippen LogP contribution in [0.4, 0.5) is 0 Å². The molecule has 0 N–H and O–H groups in total. The second-order valence-corrected chi connectivity index (χ2v) is 9.74. The summed E-state index contributed by atoms with van der Waals surface area (Å²) in [6, 6.07) is 7.12. The van der Waals surface area contributed by atoms with Gasteiger partial charge in [0.25, 0.3) is 5.91 Å². The van der Waals surface area contributed by atoms with Crippen LogP contribution in [-0.2, 0) is 4.79 Å². The van der Waals surface area contributed by atoms with E-state index in [0.29, 0.717) is 18.5 Å². The van der Waals surface area contributed by atoms with E-state index in [-0.39, 0.29) is 5.91 Å². The number of carbonyl (C=O) groups excluding carboxylic acids is 1. The van der Waals surface area contributed by atoms with Crippen LogP contribution in [0, 0.1) is 13.8 Å². The maximum absolute atomic E-state index is 13.3. The number of aryl methyl sites for hydroxylation is 2. The molecule has 1 aromatic carbocycles. The Labute approximate surface area is 228 Å².